The monoisotopic (exact) mass is 570 g/mol. The molecule has 0 unspecified atom stereocenters. The molecule has 1 atom stereocenters. The van der Waals surface area contributed by atoms with E-state index in [1.54, 1.807) is 24.3 Å². The molecule has 2 aliphatic rings. The Labute approximate surface area is 236 Å². The first-order valence-electron chi connectivity index (χ1n) is 13.5. The Balaban J connectivity index is 1.43. The van der Waals surface area contributed by atoms with Gasteiger partial charge in [-0.15, -0.1) is 10.2 Å². The third-order valence-electron chi connectivity index (χ3n) is 6.95. The van der Waals surface area contributed by atoms with Crippen LogP contribution in [0.1, 0.15) is 73.4 Å². The Morgan fingerprint density at radius 2 is 1.82 bits per heavy atom. The number of amides is 5. The van der Waals surface area contributed by atoms with Gasteiger partial charge in [0.1, 0.15) is 5.54 Å². The normalized spacial score (nSPS) is 17.4. The molecule has 4 rings (SSSR count). The van der Waals surface area contributed by atoms with Crippen LogP contribution in [0.4, 0.5) is 4.79 Å². The van der Waals surface area contributed by atoms with Gasteiger partial charge in [-0.3, -0.25) is 24.1 Å². The molecular weight excluding hydrogens is 536 g/mol. The number of thioether (sulfide) groups is 1. The van der Waals surface area contributed by atoms with E-state index in [-0.39, 0.29) is 41.9 Å². The summed E-state index contributed by atoms with van der Waals surface area (Å²) < 4.78 is 5.57. The molecule has 2 heterocycles. The fourth-order valence-corrected chi connectivity index (χ4v) is 5.55. The Morgan fingerprint density at radius 1 is 1.10 bits per heavy atom. The summed E-state index contributed by atoms with van der Waals surface area (Å²) >= 11 is 1.11. The van der Waals surface area contributed by atoms with Crippen molar-refractivity contribution in [3.05, 3.63) is 41.8 Å². The zero-order valence-electron chi connectivity index (χ0n) is 22.6. The minimum atomic E-state index is -1.13. The van der Waals surface area contributed by atoms with Crippen LogP contribution in [0, 0.1) is 5.92 Å². The highest BCUT2D eigenvalue weighted by Gasteiger charge is 2.43. The third-order valence-corrected chi connectivity index (χ3v) is 7.75. The summed E-state index contributed by atoms with van der Waals surface area (Å²) in [5.41, 5.74) is -0.670. The molecule has 40 heavy (non-hydrogen) atoms. The topological polar surface area (TPSA) is 164 Å². The van der Waals surface area contributed by atoms with Gasteiger partial charge in [-0.1, -0.05) is 63.1 Å². The Bertz CT molecular complexity index is 1230. The maximum Gasteiger partial charge on any atom is 0.324 e. The number of hydrogen-bond donors (Lipinski definition) is 3. The number of carbonyl (C=O) groups excluding carboxylic acids is 5. The number of aromatic nitrogens is 2. The minimum Gasteiger partial charge on any atom is -0.408 e. The number of benzene rings is 1. The van der Waals surface area contributed by atoms with Crippen molar-refractivity contribution in [3.63, 3.8) is 0 Å². The van der Waals surface area contributed by atoms with Gasteiger partial charge in [0.15, 0.2) is 0 Å². The summed E-state index contributed by atoms with van der Waals surface area (Å²) in [6.07, 6.45) is 3.80. The quantitative estimate of drug-likeness (QED) is 0.198. The van der Waals surface area contributed by atoms with Crippen LogP contribution in [0.3, 0.4) is 0 Å². The lowest BCUT2D eigenvalue weighted by Crippen LogP contribution is -2.62. The molecule has 1 aliphatic heterocycles. The van der Waals surface area contributed by atoms with Crippen LogP contribution in [-0.4, -0.2) is 75.1 Å². The van der Waals surface area contributed by atoms with Crippen molar-refractivity contribution < 1.29 is 28.4 Å². The van der Waals surface area contributed by atoms with Crippen molar-refractivity contribution in [2.75, 3.05) is 18.8 Å². The first-order chi connectivity index (χ1) is 19.2. The molecule has 2 fully saturated rings. The maximum atomic E-state index is 13.7. The van der Waals surface area contributed by atoms with Crippen LogP contribution < -0.4 is 16.0 Å². The summed E-state index contributed by atoms with van der Waals surface area (Å²) in [4.78, 5) is 64.6. The second-order valence-electron chi connectivity index (χ2n) is 10.4. The average Bonchev–Trinajstić information content (AvgIpc) is 3.55. The van der Waals surface area contributed by atoms with Gasteiger partial charge in [-0.2, -0.15) is 0 Å². The lowest BCUT2D eigenvalue weighted by molar-refractivity contribution is -0.129. The molecule has 0 spiro atoms. The molecule has 1 aromatic heterocycles. The number of nitrogens with one attached hydrogen (secondary N) is 3. The van der Waals surface area contributed by atoms with E-state index in [4.69, 9.17) is 4.42 Å². The number of nitrogens with zero attached hydrogens (tertiary/aromatic N) is 3. The van der Waals surface area contributed by atoms with E-state index in [2.05, 4.69) is 26.1 Å². The van der Waals surface area contributed by atoms with Crippen molar-refractivity contribution in [1.82, 2.24) is 31.0 Å². The fraction of sp³-hybridized carbons (Fsp3) is 0.519. The van der Waals surface area contributed by atoms with Crippen molar-refractivity contribution in [1.29, 1.82) is 0 Å². The number of carbonyl (C=O) groups is 5. The predicted octanol–water partition coefficient (Wildman–Crippen LogP) is 2.56. The Hall–Kier alpha value is -3.74. The van der Waals surface area contributed by atoms with Crippen LogP contribution in [0.5, 0.6) is 0 Å². The highest BCUT2D eigenvalue weighted by molar-refractivity contribution is 7.99. The summed E-state index contributed by atoms with van der Waals surface area (Å²) in [5, 5.41) is 16.2. The van der Waals surface area contributed by atoms with E-state index in [9.17, 15) is 24.0 Å². The molecule has 13 heteroatoms. The molecule has 1 saturated carbocycles. The molecule has 214 valence electrons. The number of rotatable bonds is 12. The Kier molecular flexibility index (Phi) is 9.56. The lowest BCUT2D eigenvalue weighted by atomic mass is 9.80. The molecule has 1 saturated heterocycles. The summed E-state index contributed by atoms with van der Waals surface area (Å²) in [6.45, 7) is 4.00. The van der Waals surface area contributed by atoms with Gasteiger partial charge in [0.25, 0.3) is 17.0 Å². The molecule has 3 N–H and O–H groups in total. The van der Waals surface area contributed by atoms with Crippen LogP contribution in [0.15, 0.2) is 40.0 Å². The predicted molar refractivity (Wildman–Crippen MR) is 146 cm³/mol. The van der Waals surface area contributed by atoms with E-state index in [0.717, 1.165) is 35.9 Å². The van der Waals surface area contributed by atoms with Gasteiger partial charge >= 0.3 is 6.03 Å². The van der Waals surface area contributed by atoms with E-state index in [1.165, 1.54) is 0 Å². The third kappa shape index (κ3) is 7.06. The number of urea groups is 1. The number of Topliss-reactive ketones (excluding diaryl/α,β-unsaturated/α-hetero) is 1. The Morgan fingerprint density at radius 3 is 2.48 bits per heavy atom. The van der Waals surface area contributed by atoms with Crippen LogP contribution >= 0.6 is 11.8 Å². The summed E-state index contributed by atoms with van der Waals surface area (Å²) in [7, 11) is 0. The standard InChI is InChI=1S/C27H34N6O6S/c1-17(2)15-19(21(35)23-31-32-26(39-23)40-14-13-33-20(34)16-28-25(33)38)29-24(37)27(11-7-4-8-12-27)30-22(36)18-9-5-3-6-10-18/h3,5-6,9-10,17,19H,4,7-8,11-16H2,1-2H3,(H,28,38)(H,29,37)(H,30,36)/t19-/m0/s1. The van der Waals surface area contributed by atoms with Crippen molar-refractivity contribution in [3.8, 4) is 0 Å². The van der Waals surface area contributed by atoms with E-state index in [1.807, 2.05) is 19.9 Å². The van der Waals surface area contributed by atoms with Gasteiger partial charge in [0.05, 0.1) is 12.6 Å². The zero-order valence-corrected chi connectivity index (χ0v) is 23.4. The van der Waals surface area contributed by atoms with Crippen LogP contribution in [0.2, 0.25) is 0 Å². The molecule has 0 radical (unpaired) electrons. The van der Waals surface area contributed by atoms with Crippen LogP contribution in [0.25, 0.3) is 0 Å². The molecule has 12 nitrogen and oxygen atoms in total. The molecule has 1 aliphatic carbocycles. The van der Waals surface area contributed by atoms with Crippen molar-refractivity contribution in [2.24, 2.45) is 5.92 Å². The van der Waals surface area contributed by atoms with E-state index < -0.39 is 29.3 Å². The second-order valence-corrected chi connectivity index (χ2v) is 11.5. The largest absolute Gasteiger partial charge is 0.408 e. The van der Waals surface area contributed by atoms with Gasteiger partial charge < -0.3 is 20.4 Å². The van der Waals surface area contributed by atoms with Crippen LogP contribution in [-0.2, 0) is 9.59 Å². The first kappa shape index (κ1) is 29.2. The molecule has 1 aromatic carbocycles. The summed E-state index contributed by atoms with van der Waals surface area (Å²) in [5.74, 6) is -1.43. The SMILES string of the molecule is CC(C)C[C@H](NC(=O)C1(NC(=O)c2ccccc2)CCCCC1)C(=O)c1nnc(SCCN2C(=O)CNC2=O)o1. The number of ketones is 1. The molecule has 2 aromatic rings. The summed E-state index contributed by atoms with van der Waals surface area (Å²) in [6, 6.07) is 7.35. The zero-order chi connectivity index (χ0) is 28.7. The van der Waals surface area contributed by atoms with E-state index in [0.29, 0.717) is 30.6 Å². The van der Waals surface area contributed by atoms with Gasteiger partial charge in [-0.25, -0.2) is 4.79 Å². The van der Waals surface area contributed by atoms with E-state index >= 15 is 0 Å². The highest BCUT2D eigenvalue weighted by Crippen LogP contribution is 2.30. The lowest BCUT2D eigenvalue weighted by Gasteiger charge is -2.37. The van der Waals surface area contributed by atoms with Gasteiger partial charge in [0, 0.05) is 17.9 Å². The number of hydrogen-bond acceptors (Lipinski definition) is 9. The highest BCUT2D eigenvalue weighted by atomic mass is 32.2. The maximum absolute atomic E-state index is 13.7. The van der Waals surface area contributed by atoms with Gasteiger partial charge in [0.2, 0.25) is 17.6 Å². The van der Waals surface area contributed by atoms with Gasteiger partial charge in [-0.05, 0) is 37.3 Å². The minimum absolute atomic E-state index is 0.0249. The second kappa shape index (κ2) is 13.1. The molecule has 0 bridgehead atoms. The number of imide groups is 1. The van der Waals surface area contributed by atoms with Crippen molar-refractivity contribution in [2.45, 2.75) is 69.2 Å². The van der Waals surface area contributed by atoms with Crippen molar-refractivity contribution >= 4 is 41.3 Å². The first-order valence-corrected chi connectivity index (χ1v) is 14.4. The average molecular weight is 571 g/mol. The smallest absolute Gasteiger partial charge is 0.324 e. The molecular formula is C27H34N6O6S. The fourth-order valence-electron chi connectivity index (χ4n) is 4.87. The molecule has 5 amide bonds.